The number of hydrogen-bond acceptors (Lipinski definition) is 2. The molecule has 0 aromatic heterocycles. The molecule has 0 aromatic carbocycles. The Morgan fingerprint density at radius 3 is 2.32 bits per heavy atom. The Morgan fingerprint density at radius 1 is 0.947 bits per heavy atom. The van der Waals surface area contributed by atoms with Crippen molar-refractivity contribution in [2.24, 2.45) is 5.41 Å². The van der Waals surface area contributed by atoms with Gasteiger partial charge in [0.05, 0.1) is 11.7 Å². The van der Waals surface area contributed by atoms with E-state index in [1.54, 1.807) is 0 Å². The molecule has 3 rings (SSSR count). The van der Waals surface area contributed by atoms with Crippen LogP contribution in [0.25, 0.3) is 0 Å². The largest absolute Gasteiger partial charge is 0.372 e. The van der Waals surface area contributed by atoms with Crippen molar-refractivity contribution < 1.29 is 4.74 Å². The minimum atomic E-state index is 0.320. The Bertz CT molecular complexity index is 284. The van der Waals surface area contributed by atoms with E-state index in [0.29, 0.717) is 17.1 Å². The van der Waals surface area contributed by atoms with E-state index >= 15 is 0 Å². The molecule has 2 saturated carbocycles. The Morgan fingerprint density at radius 2 is 1.63 bits per heavy atom. The second kappa shape index (κ2) is 5.73. The van der Waals surface area contributed by atoms with Gasteiger partial charge < -0.3 is 10.1 Å². The highest BCUT2D eigenvalue weighted by molar-refractivity contribution is 4.96. The predicted molar refractivity (Wildman–Crippen MR) is 79.4 cm³/mol. The molecule has 1 N–H and O–H groups in total. The van der Waals surface area contributed by atoms with E-state index in [-0.39, 0.29) is 0 Å². The lowest BCUT2D eigenvalue weighted by atomic mass is 9.70. The summed E-state index contributed by atoms with van der Waals surface area (Å²) in [5.41, 5.74) is 0.863. The molecule has 0 bridgehead atoms. The summed E-state index contributed by atoms with van der Waals surface area (Å²) in [7, 11) is 2.12. The molecule has 3 fully saturated rings. The molecule has 19 heavy (non-hydrogen) atoms. The highest BCUT2D eigenvalue weighted by atomic mass is 16.5. The normalized spacial score (nSPS) is 33.0. The molecule has 1 aliphatic heterocycles. The van der Waals surface area contributed by atoms with Crippen molar-refractivity contribution in [2.45, 2.75) is 88.8 Å². The van der Waals surface area contributed by atoms with E-state index < -0.39 is 0 Å². The Labute approximate surface area is 118 Å². The van der Waals surface area contributed by atoms with Gasteiger partial charge >= 0.3 is 0 Å². The molecule has 1 unspecified atom stereocenters. The van der Waals surface area contributed by atoms with E-state index in [1.165, 1.54) is 83.6 Å². The van der Waals surface area contributed by atoms with Gasteiger partial charge in [0.1, 0.15) is 0 Å². The fourth-order valence-corrected chi connectivity index (χ4v) is 5.04. The maximum Gasteiger partial charge on any atom is 0.0687 e. The Hall–Kier alpha value is -0.0800. The summed E-state index contributed by atoms with van der Waals surface area (Å²) in [6.45, 7) is 1.19. The first-order chi connectivity index (χ1) is 9.26. The van der Waals surface area contributed by atoms with Gasteiger partial charge in [-0.2, -0.15) is 0 Å². The van der Waals surface area contributed by atoms with Crippen LogP contribution in [0.15, 0.2) is 0 Å². The first-order valence-electron chi connectivity index (χ1n) is 8.58. The van der Waals surface area contributed by atoms with Crippen LogP contribution in [0.3, 0.4) is 0 Å². The maximum atomic E-state index is 6.56. The fraction of sp³-hybridized carbons (Fsp3) is 1.00. The third kappa shape index (κ3) is 3.00. The molecule has 0 radical (unpaired) electrons. The van der Waals surface area contributed by atoms with Crippen LogP contribution in [-0.4, -0.2) is 25.3 Å². The van der Waals surface area contributed by atoms with Gasteiger partial charge in [-0.3, -0.25) is 0 Å². The minimum Gasteiger partial charge on any atom is -0.372 e. The smallest absolute Gasteiger partial charge is 0.0687 e. The Balaban J connectivity index is 1.59. The van der Waals surface area contributed by atoms with Crippen molar-refractivity contribution in [3.8, 4) is 0 Å². The van der Waals surface area contributed by atoms with Crippen LogP contribution >= 0.6 is 0 Å². The van der Waals surface area contributed by atoms with Crippen LogP contribution in [0.5, 0.6) is 0 Å². The third-order valence-electron chi connectivity index (χ3n) is 5.98. The molecule has 3 aliphatic rings. The maximum absolute atomic E-state index is 6.56. The van der Waals surface area contributed by atoms with Gasteiger partial charge in [-0.05, 0) is 57.4 Å². The zero-order chi connectivity index (χ0) is 13.2. The molecule has 2 aliphatic carbocycles. The van der Waals surface area contributed by atoms with Gasteiger partial charge in [0, 0.05) is 6.54 Å². The Kier molecular flexibility index (Phi) is 4.19. The highest BCUT2D eigenvalue weighted by Gasteiger charge is 2.44. The number of ether oxygens (including phenoxy) is 1. The first kappa shape index (κ1) is 13.9. The van der Waals surface area contributed by atoms with E-state index in [4.69, 9.17) is 4.74 Å². The second-order valence-electron chi connectivity index (χ2n) is 7.46. The standard InChI is InChI=1S/C17H31NO/c1-18-14-16(8-3-2-4-9-16)13-15-7-12-17(19-15)10-5-6-11-17/h15,18H,2-14H2,1H3. The number of nitrogens with one attached hydrogen (secondary N) is 1. The van der Waals surface area contributed by atoms with Crippen LogP contribution < -0.4 is 5.32 Å². The first-order valence-corrected chi connectivity index (χ1v) is 8.58. The number of rotatable bonds is 4. The third-order valence-corrected chi connectivity index (χ3v) is 5.98. The van der Waals surface area contributed by atoms with Crippen LogP contribution in [0, 0.1) is 5.41 Å². The minimum absolute atomic E-state index is 0.320. The summed E-state index contributed by atoms with van der Waals surface area (Å²) < 4.78 is 6.56. The monoisotopic (exact) mass is 265 g/mol. The molecule has 1 spiro atoms. The lowest BCUT2D eigenvalue weighted by molar-refractivity contribution is -0.0574. The average molecular weight is 265 g/mol. The fourth-order valence-electron chi connectivity index (χ4n) is 5.04. The molecule has 2 heteroatoms. The molecule has 1 atom stereocenters. The second-order valence-corrected chi connectivity index (χ2v) is 7.46. The van der Waals surface area contributed by atoms with Crippen molar-refractivity contribution in [2.75, 3.05) is 13.6 Å². The molecular formula is C17H31NO. The summed E-state index contributed by atoms with van der Waals surface area (Å²) in [5, 5.41) is 3.46. The quantitative estimate of drug-likeness (QED) is 0.828. The topological polar surface area (TPSA) is 21.3 Å². The molecule has 1 saturated heterocycles. The van der Waals surface area contributed by atoms with E-state index in [1.807, 2.05) is 0 Å². The van der Waals surface area contributed by atoms with Gasteiger partial charge in [-0.15, -0.1) is 0 Å². The predicted octanol–water partition coefficient (Wildman–Crippen LogP) is 4.04. The van der Waals surface area contributed by atoms with Gasteiger partial charge in [-0.1, -0.05) is 32.1 Å². The summed E-state index contributed by atoms with van der Waals surface area (Å²) in [6.07, 6.45) is 17.1. The zero-order valence-corrected chi connectivity index (χ0v) is 12.7. The van der Waals surface area contributed by atoms with E-state index in [9.17, 15) is 0 Å². The van der Waals surface area contributed by atoms with Gasteiger partial charge in [0.15, 0.2) is 0 Å². The number of hydrogen-bond donors (Lipinski definition) is 1. The molecule has 0 amide bonds. The van der Waals surface area contributed by atoms with Gasteiger partial charge in [-0.25, -0.2) is 0 Å². The van der Waals surface area contributed by atoms with Crippen molar-refractivity contribution in [1.82, 2.24) is 5.32 Å². The van der Waals surface area contributed by atoms with Crippen molar-refractivity contribution in [1.29, 1.82) is 0 Å². The molecule has 2 nitrogen and oxygen atoms in total. The molecule has 0 aromatic rings. The highest BCUT2D eigenvalue weighted by Crippen LogP contribution is 2.48. The molecule has 1 heterocycles. The summed E-state index contributed by atoms with van der Waals surface area (Å²) >= 11 is 0. The lowest BCUT2D eigenvalue weighted by Crippen LogP contribution is -2.38. The van der Waals surface area contributed by atoms with E-state index in [2.05, 4.69) is 12.4 Å². The van der Waals surface area contributed by atoms with Crippen LogP contribution in [0.2, 0.25) is 0 Å². The van der Waals surface area contributed by atoms with Gasteiger partial charge in [0.2, 0.25) is 0 Å². The van der Waals surface area contributed by atoms with Crippen molar-refractivity contribution in [3.63, 3.8) is 0 Å². The molecule has 110 valence electrons. The van der Waals surface area contributed by atoms with Crippen molar-refractivity contribution in [3.05, 3.63) is 0 Å². The summed E-state index contributed by atoms with van der Waals surface area (Å²) in [4.78, 5) is 0. The van der Waals surface area contributed by atoms with Crippen LogP contribution in [-0.2, 0) is 4.74 Å². The van der Waals surface area contributed by atoms with Crippen molar-refractivity contribution >= 4 is 0 Å². The average Bonchev–Trinajstić information content (AvgIpc) is 3.02. The zero-order valence-electron chi connectivity index (χ0n) is 12.7. The summed E-state index contributed by atoms with van der Waals surface area (Å²) in [5.74, 6) is 0. The van der Waals surface area contributed by atoms with Crippen LogP contribution in [0.4, 0.5) is 0 Å². The van der Waals surface area contributed by atoms with Crippen LogP contribution in [0.1, 0.15) is 77.0 Å². The SMILES string of the molecule is CNCC1(CC2CCC3(CCCC3)O2)CCCCC1. The molecular weight excluding hydrogens is 234 g/mol. The van der Waals surface area contributed by atoms with Gasteiger partial charge in [0.25, 0.3) is 0 Å². The summed E-state index contributed by atoms with van der Waals surface area (Å²) in [6, 6.07) is 0. The van der Waals surface area contributed by atoms with E-state index in [0.717, 1.165) is 0 Å². The lowest BCUT2D eigenvalue weighted by Gasteiger charge is -2.39.